The van der Waals surface area contributed by atoms with Gasteiger partial charge < -0.3 is 14.9 Å². The Morgan fingerprint density at radius 1 is 1.12 bits per heavy atom. The maximum Gasteiger partial charge on any atom is 0.157 e. The van der Waals surface area contributed by atoms with Crippen LogP contribution in [0.25, 0.3) is 0 Å². The highest BCUT2D eigenvalue weighted by molar-refractivity contribution is 4.76. The molecule has 0 spiro atoms. The second-order valence-electron chi connectivity index (χ2n) is 4.31. The van der Waals surface area contributed by atoms with Crippen LogP contribution in [0.4, 0.5) is 0 Å². The van der Waals surface area contributed by atoms with Gasteiger partial charge in [0.1, 0.15) is 0 Å². The van der Waals surface area contributed by atoms with Crippen LogP contribution in [-0.4, -0.2) is 28.7 Å². The van der Waals surface area contributed by atoms with Crippen molar-refractivity contribution < 1.29 is 14.9 Å². The first-order valence-electron chi connectivity index (χ1n) is 6.37. The lowest BCUT2D eigenvalue weighted by molar-refractivity contribution is -0.205. The van der Waals surface area contributed by atoms with E-state index < -0.39 is 12.4 Å². The Bertz CT molecular complexity index is 166. The first kappa shape index (κ1) is 18.8. The molecule has 0 aromatic rings. The minimum atomic E-state index is -0.777. The molecule has 0 aromatic heterocycles. The molecule has 0 radical (unpaired) electrons. The number of hydrogen-bond acceptors (Lipinski definition) is 3. The second kappa shape index (κ2) is 11.9. The van der Waals surface area contributed by atoms with Crippen molar-refractivity contribution in [3.8, 4) is 12.8 Å². The van der Waals surface area contributed by atoms with Gasteiger partial charge in [-0.05, 0) is 6.92 Å². The zero-order chi connectivity index (χ0) is 13.8. The smallest absolute Gasteiger partial charge is 0.157 e. The van der Waals surface area contributed by atoms with E-state index in [9.17, 15) is 5.11 Å². The molecule has 17 heavy (non-hydrogen) atoms. The van der Waals surface area contributed by atoms with Gasteiger partial charge in [-0.3, -0.25) is 0 Å². The van der Waals surface area contributed by atoms with Gasteiger partial charge in [-0.25, -0.2) is 0 Å². The molecule has 1 saturated heterocycles. The molecule has 2 N–H and O–H groups in total. The van der Waals surface area contributed by atoms with E-state index in [1.807, 2.05) is 13.8 Å². The van der Waals surface area contributed by atoms with E-state index in [2.05, 4.69) is 26.7 Å². The fraction of sp³-hybridized carbons (Fsp3) is 0.857. The van der Waals surface area contributed by atoms with Crippen molar-refractivity contribution in [2.45, 2.75) is 71.9 Å². The Hall–Kier alpha value is -0.560. The summed E-state index contributed by atoms with van der Waals surface area (Å²) in [6.45, 7) is 8.20. The quantitative estimate of drug-likeness (QED) is 0.734. The van der Waals surface area contributed by atoms with Gasteiger partial charge in [-0.1, -0.05) is 40.0 Å². The number of unbranched alkanes of at least 4 members (excludes halogenated alkanes) is 2. The molecule has 1 aliphatic heterocycles. The number of rotatable bonds is 2. The Morgan fingerprint density at radius 2 is 1.59 bits per heavy atom. The predicted octanol–water partition coefficient (Wildman–Crippen LogP) is 2.56. The summed E-state index contributed by atoms with van der Waals surface area (Å²) < 4.78 is 5.06. The number of terminal acetylenes is 1. The highest BCUT2D eigenvalue weighted by Crippen LogP contribution is 2.23. The molecule has 1 aliphatic rings. The van der Waals surface area contributed by atoms with Crippen molar-refractivity contribution >= 4 is 0 Å². The van der Waals surface area contributed by atoms with Crippen LogP contribution in [0.1, 0.15) is 53.4 Å². The minimum absolute atomic E-state index is 0.0428. The fourth-order valence-electron chi connectivity index (χ4n) is 1.51. The normalized spacial score (nSPS) is 31.5. The van der Waals surface area contributed by atoms with Crippen molar-refractivity contribution in [1.29, 1.82) is 0 Å². The summed E-state index contributed by atoms with van der Waals surface area (Å²) in [5.41, 5.74) is 0. The summed E-state index contributed by atoms with van der Waals surface area (Å²) in [6.07, 6.45) is 11.2. The molecule has 3 nitrogen and oxygen atoms in total. The molecule has 3 heteroatoms. The van der Waals surface area contributed by atoms with Gasteiger partial charge in [0, 0.05) is 12.3 Å². The molecule has 0 bridgehead atoms. The second-order valence-corrected chi connectivity index (χ2v) is 4.31. The zero-order valence-electron chi connectivity index (χ0n) is 11.6. The topological polar surface area (TPSA) is 49.7 Å². The summed E-state index contributed by atoms with van der Waals surface area (Å²) in [4.78, 5) is 0. The molecule has 0 saturated carbocycles. The van der Waals surface area contributed by atoms with Crippen LogP contribution >= 0.6 is 0 Å². The summed E-state index contributed by atoms with van der Waals surface area (Å²) in [5.74, 6) is 0.128. The van der Waals surface area contributed by atoms with Gasteiger partial charge in [0.15, 0.2) is 6.29 Å². The van der Waals surface area contributed by atoms with Crippen LogP contribution in [0.5, 0.6) is 0 Å². The van der Waals surface area contributed by atoms with Crippen molar-refractivity contribution in [2.24, 2.45) is 5.92 Å². The van der Waals surface area contributed by atoms with Gasteiger partial charge in [-0.15, -0.1) is 12.8 Å². The molecule has 1 heterocycles. The van der Waals surface area contributed by atoms with Crippen molar-refractivity contribution in [3.05, 3.63) is 0 Å². The molecule has 102 valence electrons. The van der Waals surface area contributed by atoms with Gasteiger partial charge in [0.25, 0.3) is 0 Å². The van der Waals surface area contributed by atoms with Gasteiger partial charge in [0.2, 0.25) is 0 Å². The maximum absolute atomic E-state index is 9.28. The van der Waals surface area contributed by atoms with Crippen LogP contribution in [0, 0.1) is 18.8 Å². The SMILES string of the molecule is C#C.CCCCC.C[C@H]1[C@H](O)CC(O)O[C@@H]1C. The Morgan fingerprint density at radius 3 is 1.88 bits per heavy atom. The summed E-state index contributed by atoms with van der Waals surface area (Å²) in [5, 5.41) is 18.3. The van der Waals surface area contributed by atoms with Crippen LogP contribution in [0.2, 0.25) is 0 Å². The minimum Gasteiger partial charge on any atom is -0.393 e. The van der Waals surface area contributed by atoms with Gasteiger partial charge in [0.05, 0.1) is 12.2 Å². The molecule has 1 rings (SSSR count). The zero-order valence-corrected chi connectivity index (χ0v) is 11.6. The van der Waals surface area contributed by atoms with Crippen LogP contribution in [-0.2, 0) is 4.74 Å². The summed E-state index contributed by atoms with van der Waals surface area (Å²) in [6, 6.07) is 0. The first-order chi connectivity index (χ1) is 8.02. The Kier molecular flexibility index (Phi) is 13.2. The molecule has 0 aliphatic carbocycles. The lowest BCUT2D eigenvalue weighted by Gasteiger charge is -2.33. The molecule has 1 fully saturated rings. The molecule has 1 unspecified atom stereocenters. The van der Waals surface area contributed by atoms with Crippen molar-refractivity contribution in [3.63, 3.8) is 0 Å². The highest BCUT2D eigenvalue weighted by atomic mass is 16.6. The third-order valence-electron chi connectivity index (χ3n) is 2.87. The number of ether oxygens (including phenoxy) is 1. The van der Waals surface area contributed by atoms with E-state index >= 15 is 0 Å². The molecule has 0 aromatic carbocycles. The highest BCUT2D eigenvalue weighted by Gasteiger charge is 2.30. The van der Waals surface area contributed by atoms with E-state index in [-0.39, 0.29) is 12.0 Å². The molecule has 0 amide bonds. The monoisotopic (exact) mass is 244 g/mol. The van der Waals surface area contributed by atoms with Gasteiger partial charge in [-0.2, -0.15) is 0 Å². The van der Waals surface area contributed by atoms with E-state index in [0.29, 0.717) is 6.42 Å². The fourth-order valence-corrected chi connectivity index (χ4v) is 1.51. The van der Waals surface area contributed by atoms with Crippen molar-refractivity contribution in [1.82, 2.24) is 0 Å². The van der Waals surface area contributed by atoms with Crippen LogP contribution in [0.3, 0.4) is 0 Å². The third kappa shape index (κ3) is 9.17. The summed E-state index contributed by atoms with van der Waals surface area (Å²) in [7, 11) is 0. The molecular formula is C14H28O3. The Balaban J connectivity index is 0. The van der Waals surface area contributed by atoms with E-state index in [1.54, 1.807) is 0 Å². The lowest BCUT2D eigenvalue weighted by atomic mass is 9.94. The number of aliphatic hydroxyl groups excluding tert-OH is 2. The van der Waals surface area contributed by atoms with Crippen LogP contribution in [0.15, 0.2) is 0 Å². The standard InChI is InChI=1S/C7H14O3.C5H12.C2H2/c1-4-5(2)10-7(9)3-6(4)8;1-3-5-4-2;1-2/h4-9H,3H2,1-2H3;3-5H2,1-2H3;1-2H/t4-,5-,6-,7?;;/m1../s1. The molecule has 4 atom stereocenters. The van der Waals surface area contributed by atoms with E-state index in [4.69, 9.17) is 9.84 Å². The average molecular weight is 244 g/mol. The number of hydrogen-bond donors (Lipinski definition) is 2. The van der Waals surface area contributed by atoms with E-state index in [1.165, 1.54) is 19.3 Å². The maximum atomic E-state index is 9.28. The Labute approximate surface area is 106 Å². The predicted molar refractivity (Wildman–Crippen MR) is 71.4 cm³/mol. The van der Waals surface area contributed by atoms with Crippen molar-refractivity contribution in [2.75, 3.05) is 0 Å². The largest absolute Gasteiger partial charge is 0.393 e. The summed E-state index contributed by atoms with van der Waals surface area (Å²) >= 11 is 0. The first-order valence-corrected chi connectivity index (χ1v) is 6.37. The number of aliphatic hydroxyl groups is 2. The average Bonchev–Trinajstić information content (AvgIpc) is 2.30. The van der Waals surface area contributed by atoms with E-state index in [0.717, 1.165) is 0 Å². The van der Waals surface area contributed by atoms with Crippen LogP contribution < -0.4 is 0 Å². The van der Waals surface area contributed by atoms with Gasteiger partial charge >= 0.3 is 0 Å². The third-order valence-corrected chi connectivity index (χ3v) is 2.87. The lowest BCUT2D eigenvalue weighted by Crippen LogP contribution is -2.41. The molecular weight excluding hydrogens is 216 g/mol.